The Morgan fingerprint density at radius 3 is 2.54 bits per heavy atom. The first-order valence-corrected chi connectivity index (χ1v) is 8.13. The molecule has 0 saturated heterocycles. The summed E-state index contributed by atoms with van der Waals surface area (Å²) in [5, 5.41) is 10.2. The summed E-state index contributed by atoms with van der Waals surface area (Å²) < 4.78 is 7.09. The van der Waals surface area contributed by atoms with Gasteiger partial charge < -0.3 is 15.4 Å². The van der Waals surface area contributed by atoms with Crippen LogP contribution in [0.4, 0.5) is 4.79 Å². The predicted octanol–water partition coefficient (Wildman–Crippen LogP) is 2.64. The number of hydrogen-bond acceptors (Lipinski definition) is 3. The summed E-state index contributed by atoms with van der Waals surface area (Å²) >= 11 is 0. The highest BCUT2D eigenvalue weighted by Crippen LogP contribution is 2.11. The van der Waals surface area contributed by atoms with Gasteiger partial charge in [0, 0.05) is 25.3 Å². The van der Waals surface area contributed by atoms with E-state index in [1.807, 2.05) is 42.8 Å². The summed E-state index contributed by atoms with van der Waals surface area (Å²) in [6.45, 7) is 8.01. The first-order chi connectivity index (χ1) is 11.5. The van der Waals surface area contributed by atoms with Crippen molar-refractivity contribution in [3.8, 4) is 5.75 Å². The third-order valence-electron chi connectivity index (χ3n) is 3.81. The maximum Gasteiger partial charge on any atom is 0.315 e. The smallest absolute Gasteiger partial charge is 0.315 e. The van der Waals surface area contributed by atoms with Gasteiger partial charge in [0.1, 0.15) is 5.75 Å². The van der Waals surface area contributed by atoms with Crippen LogP contribution in [-0.4, -0.2) is 29.5 Å². The third-order valence-corrected chi connectivity index (χ3v) is 3.81. The van der Waals surface area contributed by atoms with Crippen LogP contribution in [-0.2, 0) is 13.1 Å². The van der Waals surface area contributed by atoms with E-state index in [0.717, 1.165) is 29.2 Å². The summed E-state index contributed by atoms with van der Waals surface area (Å²) in [6.07, 6.45) is 0. The van der Waals surface area contributed by atoms with E-state index >= 15 is 0 Å². The van der Waals surface area contributed by atoms with Gasteiger partial charge >= 0.3 is 6.03 Å². The Kier molecular flexibility index (Phi) is 6.23. The predicted molar refractivity (Wildman–Crippen MR) is 94.1 cm³/mol. The number of nitrogens with zero attached hydrogens (tertiary/aromatic N) is 2. The van der Waals surface area contributed by atoms with Crippen molar-refractivity contribution >= 4 is 6.03 Å². The standard InChI is InChI=1S/C18H26N4O2/c1-13(12-22-15(3)9-14(2)21-22)10-19-18(23)20-11-16-5-7-17(24-4)8-6-16/h5-9,13H,10-12H2,1-4H3,(H2,19,20,23). The zero-order chi connectivity index (χ0) is 17.5. The molecule has 6 heteroatoms. The number of benzene rings is 1. The van der Waals surface area contributed by atoms with E-state index in [-0.39, 0.29) is 6.03 Å². The highest BCUT2D eigenvalue weighted by molar-refractivity contribution is 5.73. The van der Waals surface area contributed by atoms with Crippen LogP contribution >= 0.6 is 0 Å². The molecule has 0 radical (unpaired) electrons. The average molecular weight is 330 g/mol. The van der Waals surface area contributed by atoms with Crippen molar-refractivity contribution in [1.82, 2.24) is 20.4 Å². The monoisotopic (exact) mass is 330 g/mol. The van der Waals surface area contributed by atoms with Crippen LogP contribution in [0.1, 0.15) is 23.9 Å². The average Bonchev–Trinajstić information content (AvgIpc) is 2.88. The van der Waals surface area contributed by atoms with Gasteiger partial charge in [0.25, 0.3) is 0 Å². The van der Waals surface area contributed by atoms with E-state index in [1.54, 1.807) is 7.11 Å². The Morgan fingerprint density at radius 2 is 1.96 bits per heavy atom. The second-order valence-electron chi connectivity index (χ2n) is 6.13. The summed E-state index contributed by atoms with van der Waals surface area (Å²) in [7, 11) is 1.63. The number of methoxy groups -OCH3 is 1. The maximum atomic E-state index is 11.9. The molecule has 0 aliphatic heterocycles. The van der Waals surface area contributed by atoms with Crippen LogP contribution in [0.25, 0.3) is 0 Å². The van der Waals surface area contributed by atoms with Crippen molar-refractivity contribution < 1.29 is 9.53 Å². The van der Waals surface area contributed by atoms with Crippen LogP contribution in [0.5, 0.6) is 5.75 Å². The van der Waals surface area contributed by atoms with E-state index < -0.39 is 0 Å². The van der Waals surface area contributed by atoms with Gasteiger partial charge in [0.2, 0.25) is 0 Å². The number of nitrogens with one attached hydrogen (secondary N) is 2. The van der Waals surface area contributed by atoms with Gasteiger partial charge in [0.05, 0.1) is 12.8 Å². The fraction of sp³-hybridized carbons (Fsp3) is 0.444. The SMILES string of the molecule is COc1ccc(CNC(=O)NCC(C)Cn2nc(C)cc2C)cc1. The Balaban J connectivity index is 1.71. The third kappa shape index (κ3) is 5.30. The molecule has 1 unspecified atom stereocenters. The fourth-order valence-electron chi connectivity index (χ4n) is 2.47. The quantitative estimate of drug-likeness (QED) is 0.820. The Hall–Kier alpha value is -2.50. The molecule has 0 spiro atoms. The number of aromatic nitrogens is 2. The summed E-state index contributed by atoms with van der Waals surface area (Å²) in [6, 6.07) is 9.53. The van der Waals surface area contributed by atoms with Gasteiger partial charge in [-0.1, -0.05) is 19.1 Å². The summed E-state index contributed by atoms with van der Waals surface area (Å²) in [5.41, 5.74) is 3.19. The molecule has 0 saturated carbocycles. The number of carbonyl (C=O) groups is 1. The molecule has 2 aromatic rings. The van der Waals surface area contributed by atoms with Crippen molar-refractivity contribution in [1.29, 1.82) is 0 Å². The molecule has 24 heavy (non-hydrogen) atoms. The maximum absolute atomic E-state index is 11.9. The molecule has 1 aromatic carbocycles. The molecular formula is C18H26N4O2. The first kappa shape index (κ1) is 17.8. The molecule has 2 amide bonds. The first-order valence-electron chi connectivity index (χ1n) is 8.13. The van der Waals surface area contributed by atoms with Crippen LogP contribution in [0.3, 0.4) is 0 Å². The minimum absolute atomic E-state index is 0.161. The lowest BCUT2D eigenvalue weighted by Crippen LogP contribution is -2.38. The number of hydrogen-bond donors (Lipinski definition) is 2. The Morgan fingerprint density at radius 1 is 1.25 bits per heavy atom. The van der Waals surface area contributed by atoms with E-state index in [0.29, 0.717) is 19.0 Å². The Labute approximate surface area is 143 Å². The lowest BCUT2D eigenvalue weighted by molar-refractivity contribution is 0.238. The lowest BCUT2D eigenvalue weighted by atomic mass is 10.2. The van der Waals surface area contributed by atoms with E-state index in [1.165, 1.54) is 0 Å². The van der Waals surface area contributed by atoms with Crippen molar-refractivity contribution in [2.45, 2.75) is 33.9 Å². The topological polar surface area (TPSA) is 68.2 Å². The van der Waals surface area contributed by atoms with Gasteiger partial charge in [-0.25, -0.2) is 4.79 Å². The van der Waals surface area contributed by atoms with Crippen molar-refractivity contribution in [2.24, 2.45) is 5.92 Å². The number of amides is 2. The number of rotatable bonds is 7. The lowest BCUT2D eigenvalue weighted by Gasteiger charge is -2.14. The minimum Gasteiger partial charge on any atom is -0.497 e. The molecule has 2 N–H and O–H groups in total. The van der Waals surface area contributed by atoms with Gasteiger partial charge in [-0.05, 0) is 43.5 Å². The second kappa shape index (κ2) is 8.38. The van der Waals surface area contributed by atoms with E-state index in [4.69, 9.17) is 4.74 Å². The molecule has 2 rings (SSSR count). The number of urea groups is 1. The molecule has 130 valence electrons. The number of carbonyl (C=O) groups excluding carboxylic acids is 1. The van der Waals surface area contributed by atoms with Gasteiger partial charge in [0.15, 0.2) is 0 Å². The molecule has 0 aliphatic carbocycles. The molecule has 6 nitrogen and oxygen atoms in total. The second-order valence-corrected chi connectivity index (χ2v) is 6.13. The van der Waals surface area contributed by atoms with Crippen molar-refractivity contribution in [3.05, 3.63) is 47.3 Å². The van der Waals surface area contributed by atoms with Crippen LogP contribution in [0, 0.1) is 19.8 Å². The van der Waals surface area contributed by atoms with E-state index in [2.05, 4.69) is 28.7 Å². The molecule has 0 aliphatic rings. The van der Waals surface area contributed by atoms with Gasteiger partial charge in [-0.15, -0.1) is 0 Å². The van der Waals surface area contributed by atoms with Crippen LogP contribution in [0.2, 0.25) is 0 Å². The number of aryl methyl sites for hydroxylation is 2. The molecular weight excluding hydrogens is 304 g/mol. The normalized spacial score (nSPS) is 11.8. The molecule has 1 atom stereocenters. The van der Waals surface area contributed by atoms with Crippen molar-refractivity contribution in [2.75, 3.05) is 13.7 Å². The van der Waals surface area contributed by atoms with Crippen molar-refractivity contribution in [3.63, 3.8) is 0 Å². The zero-order valence-corrected chi connectivity index (χ0v) is 14.8. The van der Waals surface area contributed by atoms with Gasteiger partial charge in [-0.2, -0.15) is 5.10 Å². The highest BCUT2D eigenvalue weighted by atomic mass is 16.5. The molecule has 1 heterocycles. The fourth-order valence-corrected chi connectivity index (χ4v) is 2.47. The largest absolute Gasteiger partial charge is 0.497 e. The minimum atomic E-state index is -0.161. The molecule has 1 aromatic heterocycles. The highest BCUT2D eigenvalue weighted by Gasteiger charge is 2.09. The van der Waals surface area contributed by atoms with Crippen LogP contribution < -0.4 is 15.4 Å². The Bertz CT molecular complexity index is 664. The summed E-state index contributed by atoms with van der Waals surface area (Å²) in [5.74, 6) is 1.11. The number of ether oxygens (including phenoxy) is 1. The summed E-state index contributed by atoms with van der Waals surface area (Å²) in [4.78, 5) is 11.9. The van der Waals surface area contributed by atoms with E-state index in [9.17, 15) is 4.79 Å². The molecule has 0 fully saturated rings. The zero-order valence-electron chi connectivity index (χ0n) is 14.8. The van der Waals surface area contributed by atoms with Crippen LogP contribution in [0.15, 0.2) is 30.3 Å². The molecule has 0 bridgehead atoms. The van der Waals surface area contributed by atoms with Gasteiger partial charge in [-0.3, -0.25) is 4.68 Å².